The van der Waals surface area contributed by atoms with E-state index in [-0.39, 0.29) is 28.4 Å². The molecule has 1 atom stereocenters. The Morgan fingerprint density at radius 3 is 2.59 bits per heavy atom. The van der Waals surface area contributed by atoms with Gasteiger partial charge in [-0.25, -0.2) is 0 Å². The van der Waals surface area contributed by atoms with Crippen LogP contribution >= 0.6 is 23.4 Å². The maximum Gasteiger partial charge on any atom is 0.289 e. The smallest absolute Gasteiger partial charge is 0.289 e. The number of rotatable bonds is 9. The average Bonchev–Trinajstić information content (AvgIpc) is 3.18. The molecule has 32 heavy (non-hydrogen) atoms. The van der Waals surface area contributed by atoms with Gasteiger partial charge >= 0.3 is 0 Å². The van der Waals surface area contributed by atoms with E-state index in [4.69, 9.17) is 11.6 Å². The van der Waals surface area contributed by atoms with Gasteiger partial charge in [0.1, 0.15) is 5.02 Å². The third-order valence-corrected chi connectivity index (χ3v) is 5.99. The van der Waals surface area contributed by atoms with E-state index in [2.05, 4.69) is 27.3 Å². The van der Waals surface area contributed by atoms with Gasteiger partial charge in [0.05, 0.1) is 16.7 Å². The number of nitrogens with one attached hydrogen (secondary N) is 1. The predicted octanol–water partition coefficient (Wildman–Crippen LogP) is 4.57. The van der Waals surface area contributed by atoms with Gasteiger partial charge in [0.2, 0.25) is 5.91 Å². The lowest BCUT2D eigenvalue weighted by Crippen LogP contribution is -2.23. The summed E-state index contributed by atoms with van der Waals surface area (Å²) in [6, 6.07) is 13.9. The third kappa shape index (κ3) is 5.45. The van der Waals surface area contributed by atoms with Crippen LogP contribution in [0, 0.1) is 10.1 Å². The number of nitro benzene ring substituents is 1. The topological polar surface area (TPSA) is 106 Å². The van der Waals surface area contributed by atoms with Gasteiger partial charge in [0.25, 0.3) is 5.69 Å². The lowest BCUT2D eigenvalue weighted by atomic mass is 10.2. The van der Waals surface area contributed by atoms with E-state index < -0.39 is 4.92 Å². The fraction of sp³-hybridized carbons (Fsp3) is 0.286. The number of carbonyl (C=O) groups is 1. The molecule has 0 bridgehead atoms. The summed E-state index contributed by atoms with van der Waals surface area (Å²) in [7, 11) is 3.98. The van der Waals surface area contributed by atoms with Crippen LogP contribution in [-0.2, 0) is 4.79 Å². The second-order valence-corrected chi connectivity index (χ2v) is 8.51. The first-order valence-electron chi connectivity index (χ1n) is 9.85. The van der Waals surface area contributed by atoms with Crippen molar-refractivity contribution in [1.29, 1.82) is 0 Å². The van der Waals surface area contributed by atoms with Crippen molar-refractivity contribution in [3.8, 4) is 5.69 Å². The molecule has 0 saturated carbocycles. The van der Waals surface area contributed by atoms with Gasteiger partial charge in [0, 0.05) is 17.4 Å². The molecular formula is C21H23ClN6O3S. The van der Waals surface area contributed by atoms with Crippen molar-refractivity contribution in [3.05, 3.63) is 69.5 Å². The number of halogens is 1. The molecule has 168 valence electrons. The summed E-state index contributed by atoms with van der Waals surface area (Å²) in [5, 5.41) is 23.1. The number of para-hydroxylation sites is 1. The first-order valence-corrected chi connectivity index (χ1v) is 11.2. The molecule has 0 aliphatic rings. The molecule has 2 aromatic carbocycles. The molecule has 0 fully saturated rings. The van der Waals surface area contributed by atoms with E-state index in [1.54, 1.807) is 0 Å². The van der Waals surface area contributed by atoms with E-state index in [1.165, 1.54) is 30.0 Å². The zero-order valence-electron chi connectivity index (χ0n) is 17.9. The molecule has 1 heterocycles. The Kier molecular flexibility index (Phi) is 7.84. The standard InChI is InChI=1S/C21H23ClN6O3S/c1-4-17(26(2)3)20-24-25-21(27(20)15-8-6-5-7-9-15)32-13-19(29)23-14-10-11-16(22)18(12-14)28(30)31/h5-12,17H,4,13H2,1-3H3,(H,23,29)/t17-/m1/s1. The Labute approximate surface area is 194 Å². The minimum atomic E-state index is -0.592. The zero-order chi connectivity index (χ0) is 23.3. The highest BCUT2D eigenvalue weighted by molar-refractivity contribution is 7.99. The number of nitro groups is 1. The number of hydrogen-bond donors (Lipinski definition) is 1. The summed E-state index contributed by atoms with van der Waals surface area (Å²) in [6.45, 7) is 2.08. The van der Waals surface area contributed by atoms with Crippen molar-refractivity contribution >= 4 is 40.6 Å². The molecule has 0 radical (unpaired) electrons. The Balaban J connectivity index is 1.80. The summed E-state index contributed by atoms with van der Waals surface area (Å²) in [5.74, 6) is 0.524. The van der Waals surface area contributed by atoms with E-state index in [0.717, 1.165) is 17.9 Å². The third-order valence-electron chi connectivity index (χ3n) is 4.74. The van der Waals surface area contributed by atoms with Crippen LogP contribution in [0.15, 0.2) is 53.7 Å². The molecule has 0 unspecified atom stereocenters. The van der Waals surface area contributed by atoms with Gasteiger partial charge < -0.3 is 5.32 Å². The second-order valence-electron chi connectivity index (χ2n) is 7.16. The van der Waals surface area contributed by atoms with E-state index in [9.17, 15) is 14.9 Å². The van der Waals surface area contributed by atoms with Crippen LogP contribution in [0.2, 0.25) is 5.02 Å². The summed E-state index contributed by atoms with van der Waals surface area (Å²) in [6.07, 6.45) is 0.846. The number of anilines is 1. The molecule has 1 N–H and O–H groups in total. The molecule has 0 spiro atoms. The lowest BCUT2D eigenvalue weighted by molar-refractivity contribution is -0.384. The van der Waals surface area contributed by atoms with Gasteiger partial charge in [-0.3, -0.25) is 24.4 Å². The summed E-state index contributed by atoms with van der Waals surface area (Å²) in [5.41, 5.74) is 0.944. The molecule has 3 rings (SSSR count). The van der Waals surface area contributed by atoms with Crippen molar-refractivity contribution < 1.29 is 9.72 Å². The van der Waals surface area contributed by atoms with Gasteiger partial charge in [-0.05, 0) is 44.8 Å². The monoisotopic (exact) mass is 474 g/mol. The molecule has 1 amide bonds. The van der Waals surface area contributed by atoms with Gasteiger partial charge in [-0.2, -0.15) is 0 Å². The second kappa shape index (κ2) is 10.6. The highest BCUT2D eigenvalue weighted by Gasteiger charge is 2.23. The SMILES string of the molecule is CC[C@H](c1nnc(SCC(=O)Nc2ccc(Cl)c([N+](=O)[O-])c2)n1-c1ccccc1)N(C)C. The van der Waals surface area contributed by atoms with Crippen LogP contribution in [0.1, 0.15) is 25.2 Å². The quantitative estimate of drug-likeness (QED) is 0.275. The number of benzene rings is 2. The molecule has 0 aliphatic heterocycles. The van der Waals surface area contributed by atoms with Crippen LogP contribution in [0.25, 0.3) is 5.69 Å². The number of aromatic nitrogens is 3. The zero-order valence-corrected chi connectivity index (χ0v) is 19.4. The summed E-state index contributed by atoms with van der Waals surface area (Å²) < 4.78 is 1.96. The number of hydrogen-bond acceptors (Lipinski definition) is 7. The van der Waals surface area contributed by atoms with Gasteiger partial charge in [0.15, 0.2) is 11.0 Å². The maximum absolute atomic E-state index is 12.5. The fourth-order valence-electron chi connectivity index (χ4n) is 3.25. The highest BCUT2D eigenvalue weighted by atomic mass is 35.5. The van der Waals surface area contributed by atoms with Crippen LogP contribution < -0.4 is 5.32 Å². The molecular weight excluding hydrogens is 452 g/mol. The Bertz CT molecular complexity index is 1110. The van der Waals surface area contributed by atoms with Gasteiger partial charge in [-0.1, -0.05) is 48.5 Å². The number of carbonyl (C=O) groups excluding carboxylic acids is 1. The molecule has 1 aromatic heterocycles. The molecule has 11 heteroatoms. The van der Waals surface area contributed by atoms with Crippen LogP contribution in [0.4, 0.5) is 11.4 Å². The van der Waals surface area contributed by atoms with Crippen molar-refractivity contribution in [1.82, 2.24) is 19.7 Å². The predicted molar refractivity (Wildman–Crippen MR) is 126 cm³/mol. The Hall–Kier alpha value is -2.95. The minimum absolute atomic E-state index is 0.0113. The fourth-order valence-corrected chi connectivity index (χ4v) is 4.19. The number of nitrogens with zero attached hydrogens (tertiary/aromatic N) is 5. The normalized spacial score (nSPS) is 12.0. The van der Waals surface area contributed by atoms with Crippen molar-refractivity contribution in [2.24, 2.45) is 0 Å². The summed E-state index contributed by atoms with van der Waals surface area (Å²) >= 11 is 7.07. The molecule has 0 aliphatic carbocycles. The molecule has 3 aromatic rings. The average molecular weight is 475 g/mol. The first-order chi connectivity index (χ1) is 15.3. The van der Waals surface area contributed by atoms with E-state index in [0.29, 0.717) is 10.8 Å². The first kappa shape index (κ1) is 23.7. The lowest BCUT2D eigenvalue weighted by Gasteiger charge is -2.23. The van der Waals surface area contributed by atoms with Crippen LogP contribution in [0.3, 0.4) is 0 Å². The Morgan fingerprint density at radius 1 is 1.25 bits per heavy atom. The molecule has 9 nitrogen and oxygen atoms in total. The van der Waals surface area contributed by atoms with Crippen molar-refractivity contribution in [2.75, 3.05) is 25.2 Å². The minimum Gasteiger partial charge on any atom is -0.325 e. The molecule has 0 saturated heterocycles. The largest absolute Gasteiger partial charge is 0.325 e. The van der Waals surface area contributed by atoms with E-state index >= 15 is 0 Å². The maximum atomic E-state index is 12.5. The summed E-state index contributed by atoms with van der Waals surface area (Å²) in [4.78, 5) is 25.0. The highest BCUT2D eigenvalue weighted by Crippen LogP contribution is 2.30. The Morgan fingerprint density at radius 2 is 1.97 bits per heavy atom. The number of thioether (sulfide) groups is 1. The van der Waals surface area contributed by atoms with Crippen molar-refractivity contribution in [3.63, 3.8) is 0 Å². The van der Waals surface area contributed by atoms with E-state index in [1.807, 2.05) is 49.0 Å². The van der Waals surface area contributed by atoms with Crippen LogP contribution in [-0.4, -0.2) is 50.3 Å². The van der Waals surface area contributed by atoms with Crippen LogP contribution in [0.5, 0.6) is 0 Å². The van der Waals surface area contributed by atoms with Crippen molar-refractivity contribution in [2.45, 2.75) is 24.5 Å². The van der Waals surface area contributed by atoms with Gasteiger partial charge in [-0.15, -0.1) is 10.2 Å². The number of amides is 1.